The minimum absolute atomic E-state index is 0.131. The molecule has 3 rings (SSSR count). The van der Waals surface area contributed by atoms with E-state index in [0.29, 0.717) is 5.69 Å². The van der Waals surface area contributed by atoms with E-state index in [2.05, 4.69) is 20.9 Å². The molecule has 1 aliphatic heterocycles. The summed E-state index contributed by atoms with van der Waals surface area (Å²) < 4.78 is 14.7. The third-order valence-electron chi connectivity index (χ3n) is 4.74. The lowest BCUT2D eigenvalue weighted by molar-refractivity contribution is -0.117. The van der Waals surface area contributed by atoms with Crippen molar-refractivity contribution < 1.29 is 14.0 Å². The van der Waals surface area contributed by atoms with Gasteiger partial charge in [-0.25, -0.2) is 9.07 Å². The molecule has 150 valence electrons. The zero-order valence-electron chi connectivity index (χ0n) is 16.1. The van der Waals surface area contributed by atoms with E-state index >= 15 is 0 Å². The molecule has 0 spiro atoms. The summed E-state index contributed by atoms with van der Waals surface area (Å²) in [4.78, 5) is 26.7. The Morgan fingerprint density at radius 3 is 2.61 bits per heavy atom. The number of nitrogens with zero attached hydrogens (tertiary/aromatic N) is 4. The van der Waals surface area contributed by atoms with Crippen molar-refractivity contribution in [1.82, 2.24) is 25.2 Å². The summed E-state index contributed by atoms with van der Waals surface area (Å²) in [5, 5.41) is 14.1. The molecule has 1 aromatic heterocycles. The summed E-state index contributed by atoms with van der Waals surface area (Å²) in [6.45, 7) is 5.36. The molecular weight excluding hydrogens is 363 g/mol. The maximum Gasteiger partial charge on any atom is 0.276 e. The molecule has 0 radical (unpaired) electrons. The van der Waals surface area contributed by atoms with Crippen LogP contribution in [0.25, 0.3) is 0 Å². The number of halogens is 1. The molecule has 0 unspecified atom stereocenters. The Morgan fingerprint density at radius 2 is 1.96 bits per heavy atom. The molecule has 28 heavy (non-hydrogen) atoms. The number of carbonyl (C=O) groups excluding carboxylic acids is 2. The third kappa shape index (κ3) is 4.92. The van der Waals surface area contributed by atoms with Gasteiger partial charge >= 0.3 is 0 Å². The van der Waals surface area contributed by atoms with Crippen LogP contribution in [0.5, 0.6) is 0 Å². The molecule has 2 aromatic rings. The van der Waals surface area contributed by atoms with Crippen LogP contribution in [-0.2, 0) is 4.79 Å². The molecule has 1 aliphatic rings. The maximum atomic E-state index is 13.0. The van der Waals surface area contributed by atoms with Gasteiger partial charge in [0.1, 0.15) is 12.4 Å². The average molecular weight is 388 g/mol. The van der Waals surface area contributed by atoms with Crippen molar-refractivity contribution in [3.8, 4) is 0 Å². The second kappa shape index (κ2) is 8.92. The van der Waals surface area contributed by atoms with Gasteiger partial charge in [0.2, 0.25) is 5.91 Å². The number of amides is 2. The fourth-order valence-corrected chi connectivity index (χ4v) is 3.15. The Morgan fingerprint density at radius 1 is 1.29 bits per heavy atom. The smallest absolute Gasteiger partial charge is 0.276 e. The Bertz CT molecular complexity index is 814. The normalized spacial score (nSPS) is 14.9. The molecule has 0 saturated carbocycles. The summed E-state index contributed by atoms with van der Waals surface area (Å²) >= 11 is 0. The monoisotopic (exact) mass is 388 g/mol. The van der Waals surface area contributed by atoms with Crippen molar-refractivity contribution in [3.63, 3.8) is 0 Å². The second-order valence-corrected chi connectivity index (χ2v) is 7.15. The first-order valence-electron chi connectivity index (χ1n) is 9.43. The predicted molar refractivity (Wildman–Crippen MR) is 102 cm³/mol. The van der Waals surface area contributed by atoms with Crippen LogP contribution in [0.1, 0.15) is 43.2 Å². The molecule has 9 heteroatoms. The number of anilines is 1. The summed E-state index contributed by atoms with van der Waals surface area (Å²) in [5.74, 6) is -1.09. The first kappa shape index (κ1) is 19.9. The van der Waals surface area contributed by atoms with Crippen LogP contribution >= 0.6 is 0 Å². The molecule has 1 aromatic carbocycles. The second-order valence-electron chi connectivity index (χ2n) is 7.15. The van der Waals surface area contributed by atoms with Gasteiger partial charge in [-0.05, 0) is 64.0 Å². The van der Waals surface area contributed by atoms with E-state index in [1.165, 1.54) is 29.2 Å². The van der Waals surface area contributed by atoms with Gasteiger partial charge in [-0.1, -0.05) is 5.21 Å². The van der Waals surface area contributed by atoms with Crippen LogP contribution in [0.15, 0.2) is 30.5 Å². The number of benzene rings is 1. The zero-order chi connectivity index (χ0) is 20.1. The van der Waals surface area contributed by atoms with Gasteiger partial charge < -0.3 is 15.5 Å². The van der Waals surface area contributed by atoms with Gasteiger partial charge in [0, 0.05) is 11.7 Å². The Labute approximate surface area is 163 Å². The van der Waals surface area contributed by atoms with E-state index in [4.69, 9.17) is 0 Å². The van der Waals surface area contributed by atoms with Crippen LogP contribution in [0.2, 0.25) is 0 Å². The molecule has 0 atom stereocenters. The van der Waals surface area contributed by atoms with E-state index in [1.54, 1.807) is 10.9 Å². The SMILES string of the molecule is CC(C)N(CC(=O)Nc1ccc(F)cc1)C(=O)c1cn(C2CCNCC2)nn1. The number of aromatic nitrogens is 3. The molecule has 0 aliphatic carbocycles. The molecule has 1 fully saturated rings. The summed E-state index contributed by atoms with van der Waals surface area (Å²) in [6.07, 6.45) is 3.53. The van der Waals surface area contributed by atoms with E-state index < -0.39 is 0 Å². The standard InChI is InChI=1S/C19H25FN6O2/c1-13(2)25(12-18(27)22-15-5-3-14(20)4-6-15)19(28)17-11-26(24-23-17)16-7-9-21-10-8-16/h3-6,11,13,16,21H,7-10,12H2,1-2H3,(H,22,27). The predicted octanol–water partition coefficient (Wildman–Crippen LogP) is 1.83. The minimum atomic E-state index is -0.381. The van der Waals surface area contributed by atoms with Crippen molar-refractivity contribution in [1.29, 1.82) is 0 Å². The van der Waals surface area contributed by atoms with Crippen LogP contribution < -0.4 is 10.6 Å². The topological polar surface area (TPSA) is 92.2 Å². The average Bonchev–Trinajstić information content (AvgIpc) is 3.18. The quantitative estimate of drug-likeness (QED) is 0.788. The summed E-state index contributed by atoms with van der Waals surface area (Å²) in [6, 6.07) is 5.50. The van der Waals surface area contributed by atoms with Crippen molar-refractivity contribution >= 4 is 17.5 Å². The van der Waals surface area contributed by atoms with Gasteiger partial charge in [0.25, 0.3) is 5.91 Å². The highest BCUT2D eigenvalue weighted by atomic mass is 19.1. The lowest BCUT2D eigenvalue weighted by Gasteiger charge is -2.25. The fourth-order valence-electron chi connectivity index (χ4n) is 3.15. The fraction of sp³-hybridized carbons (Fsp3) is 0.474. The zero-order valence-corrected chi connectivity index (χ0v) is 16.1. The lowest BCUT2D eigenvalue weighted by atomic mass is 10.1. The largest absolute Gasteiger partial charge is 0.325 e. The third-order valence-corrected chi connectivity index (χ3v) is 4.74. The van der Waals surface area contributed by atoms with Gasteiger partial charge in [-0.2, -0.15) is 0 Å². The van der Waals surface area contributed by atoms with Gasteiger partial charge in [0.05, 0.1) is 12.2 Å². The molecule has 8 nitrogen and oxygen atoms in total. The Kier molecular flexibility index (Phi) is 6.35. The van der Waals surface area contributed by atoms with Crippen LogP contribution in [-0.4, -0.2) is 57.4 Å². The van der Waals surface area contributed by atoms with E-state index in [1.807, 2.05) is 13.8 Å². The van der Waals surface area contributed by atoms with Crippen LogP contribution in [0.4, 0.5) is 10.1 Å². The number of hydrogen-bond donors (Lipinski definition) is 2. The first-order chi connectivity index (χ1) is 13.4. The van der Waals surface area contributed by atoms with Crippen LogP contribution in [0.3, 0.4) is 0 Å². The number of piperidine rings is 1. The molecule has 2 amide bonds. The number of nitrogens with one attached hydrogen (secondary N) is 2. The highest BCUT2D eigenvalue weighted by molar-refractivity contribution is 5.98. The van der Waals surface area contributed by atoms with E-state index in [9.17, 15) is 14.0 Å². The summed E-state index contributed by atoms with van der Waals surface area (Å²) in [7, 11) is 0. The maximum absolute atomic E-state index is 13.0. The molecular formula is C19H25FN6O2. The van der Waals surface area contributed by atoms with Gasteiger partial charge in [-0.3, -0.25) is 9.59 Å². The molecule has 1 saturated heterocycles. The van der Waals surface area contributed by atoms with Crippen molar-refractivity contribution in [2.75, 3.05) is 25.0 Å². The molecule has 2 heterocycles. The van der Waals surface area contributed by atoms with E-state index in [0.717, 1.165) is 25.9 Å². The highest BCUT2D eigenvalue weighted by Crippen LogP contribution is 2.18. The van der Waals surface area contributed by atoms with E-state index in [-0.39, 0.29) is 42.0 Å². The first-order valence-corrected chi connectivity index (χ1v) is 9.43. The van der Waals surface area contributed by atoms with Crippen molar-refractivity contribution in [3.05, 3.63) is 42.0 Å². The van der Waals surface area contributed by atoms with Crippen molar-refractivity contribution in [2.45, 2.75) is 38.8 Å². The number of rotatable bonds is 6. The molecule has 2 N–H and O–H groups in total. The van der Waals surface area contributed by atoms with Gasteiger partial charge in [-0.15, -0.1) is 5.10 Å². The van der Waals surface area contributed by atoms with Crippen molar-refractivity contribution in [2.24, 2.45) is 0 Å². The van der Waals surface area contributed by atoms with Gasteiger partial charge in [0.15, 0.2) is 5.69 Å². The Balaban J connectivity index is 1.65. The highest BCUT2D eigenvalue weighted by Gasteiger charge is 2.25. The summed E-state index contributed by atoms with van der Waals surface area (Å²) in [5.41, 5.74) is 0.696. The van der Waals surface area contributed by atoms with Crippen LogP contribution in [0, 0.1) is 5.82 Å². The molecule has 0 bridgehead atoms. The minimum Gasteiger partial charge on any atom is -0.325 e. The number of hydrogen-bond acceptors (Lipinski definition) is 5. The lowest BCUT2D eigenvalue weighted by Crippen LogP contribution is -2.42. The Hall–Kier alpha value is -2.81. The number of carbonyl (C=O) groups is 2.